The highest BCUT2D eigenvalue weighted by atomic mass is 35.5. The molecule has 0 bridgehead atoms. The zero-order valence-corrected chi connectivity index (χ0v) is 29.5. The largest absolute Gasteiger partial charge is 0.504 e. The van der Waals surface area contributed by atoms with Gasteiger partial charge in [-0.3, -0.25) is 14.4 Å². The van der Waals surface area contributed by atoms with Crippen molar-refractivity contribution < 1.29 is 27.9 Å². The number of piperazine rings is 1. The van der Waals surface area contributed by atoms with Crippen molar-refractivity contribution in [1.82, 2.24) is 34.3 Å². The number of rotatable bonds is 10. The molecular formula is C33H38ClF3N10O4. The number of pyridine rings is 1. The van der Waals surface area contributed by atoms with E-state index in [0.29, 0.717) is 36.7 Å². The highest BCUT2D eigenvalue weighted by Gasteiger charge is 2.32. The molecule has 18 heteroatoms. The lowest BCUT2D eigenvalue weighted by molar-refractivity contribution is -0.137. The Morgan fingerprint density at radius 1 is 1.06 bits per heavy atom. The maximum absolute atomic E-state index is 14.3. The predicted molar refractivity (Wildman–Crippen MR) is 187 cm³/mol. The van der Waals surface area contributed by atoms with E-state index in [-0.39, 0.29) is 71.7 Å². The quantitative estimate of drug-likeness (QED) is 0.247. The Hall–Kier alpha value is -5.03. The molecule has 0 aliphatic carbocycles. The van der Waals surface area contributed by atoms with Gasteiger partial charge in [0, 0.05) is 52.0 Å². The van der Waals surface area contributed by atoms with Gasteiger partial charge in [0.15, 0.2) is 22.6 Å². The maximum Gasteiger partial charge on any atom is 0.416 e. The number of fused-ring (bicyclic) bond motifs is 1. The number of aromatic nitrogens is 5. The number of hydrogen-bond acceptors (Lipinski definition) is 11. The monoisotopic (exact) mass is 730 g/mol. The summed E-state index contributed by atoms with van der Waals surface area (Å²) < 4.78 is 41.2. The van der Waals surface area contributed by atoms with Crippen LogP contribution in [-0.2, 0) is 23.9 Å². The van der Waals surface area contributed by atoms with Crippen molar-refractivity contribution in [3.05, 3.63) is 68.6 Å². The van der Waals surface area contributed by atoms with Crippen molar-refractivity contribution in [2.45, 2.75) is 33.0 Å². The smallest absolute Gasteiger partial charge is 0.416 e. The summed E-state index contributed by atoms with van der Waals surface area (Å²) in [6.45, 7) is 5.22. The topological polar surface area (TPSA) is 153 Å². The van der Waals surface area contributed by atoms with Crippen LogP contribution in [0.3, 0.4) is 0 Å². The lowest BCUT2D eigenvalue weighted by Crippen LogP contribution is -2.50. The van der Waals surface area contributed by atoms with Crippen LogP contribution >= 0.6 is 11.6 Å². The molecule has 272 valence electrons. The summed E-state index contributed by atoms with van der Waals surface area (Å²) in [7, 11) is 5.70. The molecule has 4 aromatic rings. The molecule has 1 fully saturated rings. The van der Waals surface area contributed by atoms with Gasteiger partial charge in [0.1, 0.15) is 24.4 Å². The number of carbonyl (C=O) groups is 2. The molecule has 14 nitrogen and oxygen atoms in total. The number of aromatic hydroxyl groups is 1. The first-order valence-corrected chi connectivity index (χ1v) is 16.5. The first kappa shape index (κ1) is 37.2. The second kappa shape index (κ2) is 15.1. The number of amides is 2. The van der Waals surface area contributed by atoms with Gasteiger partial charge in [0.25, 0.3) is 5.91 Å². The van der Waals surface area contributed by atoms with Gasteiger partial charge in [-0.05, 0) is 45.6 Å². The van der Waals surface area contributed by atoms with Gasteiger partial charge in [0.05, 0.1) is 28.2 Å². The van der Waals surface area contributed by atoms with Gasteiger partial charge in [-0.2, -0.15) is 13.2 Å². The van der Waals surface area contributed by atoms with Gasteiger partial charge < -0.3 is 34.6 Å². The van der Waals surface area contributed by atoms with Crippen molar-refractivity contribution in [2.24, 2.45) is 0 Å². The number of nitrogens with zero attached hydrogens (tertiary/aromatic N) is 9. The van der Waals surface area contributed by atoms with Gasteiger partial charge >= 0.3 is 6.18 Å². The van der Waals surface area contributed by atoms with Crippen LogP contribution < -0.4 is 20.5 Å². The average Bonchev–Trinajstić information content (AvgIpc) is 3.09. The fraction of sp³-hybridized carbons (Fsp3) is 0.424. The standard InChI is InChI=1S/C33H38ClF3N10O4/c1-6-23-28(45-11-13-46(14-12-45)32(51)27-29(49)19(2)39-18-40-27)30(50)26-31(38-16-24(42-26)44(5)10-9-43(3)4)47(23)17-25(48)41-22-8-7-20(15-21(22)34)33(35,36)37/h7-8,15-16,18,49H,6,9-14,17H2,1-5H3,(H,41,48). The number of hydrogen-bond donors (Lipinski definition) is 2. The number of alkyl halides is 3. The van der Waals surface area contributed by atoms with Crippen LogP contribution in [0.4, 0.5) is 30.4 Å². The summed E-state index contributed by atoms with van der Waals surface area (Å²) in [6.07, 6.45) is -1.58. The zero-order valence-electron chi connectivity index (χ0n) is 28.8. The summed E-state index contributed by atoms with van der Waals surface area (Å²) in [5.41, 5.74) is -0.259. The van der Waals surface area contributed by atoms with Gasteiger partial charge in [0.2, 0.25) is 11.3 Å². The van der Waals surface area contributed by atoms with Gasteiger partial charge in [-0.25, -0.2) is 19.9 Å². The Kier molecular flexibility index (Phi) is 11.0. The molecule has 4 heterocycles. The first-order chi connectivity index (χ1) is 24.1. The van der Waals surface area contributed by atoms with Crippen LogP contribution in [0.2, 0.25) is 5.02 Å². The van der Waals surface area contributed by atoms with Gasteiger partial charge in [-0.1, -0.05) is 18.5 Å². The van der Waals surface area contributed by atoms with Crippen molar-refractivity contribution in [1.29, 1.82) is 0 Å². The Labute approximate surface area is 296 Å². The number of likely N-dealkylation sites (N-methyl/N-ethyl adjacent to an activating group) is 2. The minimum atomic E-state index is -4.61. The molecule has 1 aromatic carbocycles. The third-order valence-corrected chi connectivity index (χ3v) is 8.91. The predicted octanol–water partition coefficient (Wildman–Crippen LogP) is 3.43. The van der Waals surface area contributed by atoms with Crippen LogP contribution in [0.5, 0.6) is 5.75 Å². The maximum atomic E-state index is 14.3. The Morgan fingerprint density at radius 3 is 2.39 bits per heavy atom. The summed E-state index contributed by atoms with van der Waals surface area (Å²) in [6, 6.07) is 2.64. The molecule has 1 aliphatic heterocycles. The van der Waals surface area contributed by atoms with E-state index in [4.69, 9.17) is 16.6 Å². The number of nitrogens with one attached hydrogen (secondary N) is 1. The molecule has 2 amide bonds. The summed E-state index contributed by atoms with van der Waals surface area (Å²) in [4.78, 5) is 65.5. The molecule has 5 rings (SSSR count). The van der Waals surface area contributed by atoms with E-state index >= 15 is 0 Å². The average molecular weight is 731 g/mol. The third kappa shape index (κ3) is 7.99. The van der Waals surface area contributed by atoms with E-state index in [0.717, 1.165) is 18.2 Å². The SMILES string of the molecule is CCc1c(N2CCN(C(=O)c3ncnc(C)c3O)CC2)c(=O)c2nc(N(C)CCN(C)C)cnc2n1CC(=O)Nc1ccc(C(F)(F)F)cc1Cl. The number of carbonyl (C=O) groups excluding carboxylic acids is 2. The van der Waals surface area contributed by atoms with Crippen LogP contribution in [-0.4, -0.2) is 112 Å². The summed E-state index contributed by atoms with van der Waals surface area (Å²) >= 11 is 6.12. The Bertz CT molecular complexity index is 2020. The Morgan fingerprint density at radius 2 is 1.76 bits per heavy atom. The fourth-order valence-corrected chi connectivity index (χ4v) is 5.99. The Balaban J connectivity index is 1.52. The van der Waals surface area contributed by atoms with Crippen LogP contribution in [0.25, 0.3) is 11.2 Å². The molecular weight excluding hydrogens is 693 g/mol. The van der Waals surface area contributed by atoms with Crippen molar-refractivity contribution in [2.75, 3.05) is 75.5 Å². The fourth-order valence-electron chi connectivity index (χ4n) is 5.76. The molecule has 2 N–H and O–H groups in total. The number of anilines is 3. The van der Waals surface area contributed by atoms with Crippen LogP contribution in [0, 0.1) is 6.92 Å². The van der Waals surface area contributed by atoms with E-state index in [2.05, 4.69) is 20.3 Å². The van der Waals surface area contributed by atoms with E-state index in [9.17, 15) is 32.7 Å². The highest BCUT2D eigenvalue weighted by molar-refractivity contribution is 6.33. The molecule has 0 saturated carbocycles. The molecule has 0 spiro atoms. The second-order valence-corrected chi connectivity index (χ2v) is 12.8. The van der Waals surface area contributed by atoms with E-state index < -0.39 is 29.0 Å². The first-order valence-electron chi connectivity index (χ1n) is 16.1. The number of benzene rings is 1. The van der Waals surface area contributed by atoms with Crippen molar-refractivity contribution in [3.8, 4) is 5.75 Å². The van der Waals surface area contributed by atoms with Crippen LogP contribution in [0.1, 0.15) is 34.4 Å². The summed E-state index contributed by atoms with van der Waals surface area (Å²) in [5.74, 6) is -0.943. The molecule has 3 aromatic heterocycles. The molecule has 0 unspecified atom stereocenters. The molecule has 1 saturated heterocycles. The lowest BCUT2D eigenvalue weighted by atomic mass is 10.1. The molecule has 0 atom stereocenters. The highest BCUT2D eigenvalue weighted by Crippen LogP contribution is 2.34. The summed E-state index contributed by atoms with van der Waals surface area (Å²) in [5, 5.41) is 12.7. The lowest BCUT2D eigenvalue weighted by Gasteiger charge is -2.37. The second-order valence-electron chi connectivity index (χ2n) is 12.4. The molecule has 0 radical (unpaired) electrons. The van der Waals surface area contributed by atoms with Gasteiger partial charge in [-0.15, -0.1) is 0 Å². The minimum Gasteiger partial charge on any atom is -0.504 e. The van der Waals surface area contributed by atoms with Crippen molar-refractivity contribution in [3.63, 3.8) is 0 Å². The van der Waals surface area contributed by atoms with Crippen LogP contribution in [0.15, 0.2) is 35.5 Å². The van der Waals surface area contributed by atoms with Crippen molar-refractivity contribution >= 4 is 51.8 Å². The van der Waals surface area contributed by atoms with E-state index in [1.165, 1.54) is 17.4 Å². The minimum absolute atomic E-state index is 0.0140. The zero-order chi connectivity index (χ0) is 37.2. The number of aryl methyl sites for hydroxylation is 1. The molecule has 51 heavy (non-hydrogen) atoms. The normalized spacial score (nSPS) is 13.6. The van der Waals surface area contributed by atoms with E-state index in [1.807, 2.05) is 42.8 Å². The van der Waals surface area contributed by atoms with E-state index in [1.54, 1.807) is 11.5 Å². The molecule has 1 aliphatic rings. The third-order valence-electron chi connectivity index (χ3n) is 8.60. The number of halogens is 4.